The third-order valence-electron chi connectivity index (χ3n) is 3.23. The van der Waals surface area contributed by atoms with Gasteiger partial charge in [0.2, 0.25) is 0 Å². The fourth-order valence-corrected chi connectivity index (χ4v) is 2.69. The zero-order valence-corrected chi connectivity index (χ0v) is 6.82. The van der Waals surface area contributed by atoms with Gasteiger partial charge in [0.05, 0.1) is 0 Å². The fraction of sp³-hybridized carbons (Fsp3) is 1.00. The first-order chi connectivity index (χ1) is 4.81. The van der Waals surface area contributed by atoms with Crippen molar-refractivity contribution in [2.75, 3.05) is 6.54 Å². The van der Waals surface area contributed by atoms with Gasteiger partial charge in [0.25, 0.3) is 0 Å². The molecule has 0 aromatic rings. The Morgan fingerprint density at radius 3 is 2.50 bits per heavy atom. The van der Waals surface area contributed by atoms with Gasteiger partial charge in [-0.3, -0.25) is 0 Å². The van der Waals surface area contributed by atoms with Crippen molar-refractivity contribution in [3.63, 3.8) is 0 Å². The maximum Gasteiger partial charge on any atom is 0.00447 e. The first kappa shape index (κ1) is 6.66. The van der Waals surface area contributed by atoms with Crippen LogP contribution < -0.4 is 5.32 Å². The smallest absolute Gasteiger partial charge is 0.00447 e. The molecule has 1 spiro atoms. The molecule has 1 N–H and O–H groups in total. The average Bonchev–Trinajstić information content (AvgIpc) is 2.46. The predicted molar refractivity (Wildman–Crippen MR) is 43.0 cm³/mol. The van der Waals surface area contributed by atoms with Crippen LogP contribution in [0.3, 0.4) is 0 Å². The second kappa shape index (κ2) is 2.23. The quantitative estimate of drug-likeness (QED) is 0.540. The van der Waals surface area contributed by atoms with Crippen LogP contribution >= 0.6 is 0 Å². The third-order valence-corrected chi connectivity index (χ3v) is 3.23. The average molecular weight is 139 g/mol. The Balaban J connectivity index is 2.03. The van der Waals surface area contributed by atoms with E-state index in [0.29, 0.717) is 0 Å². The van der Waals surface area contributed by atoms with E-state index in [9.17, 15) is 0 Å². The molecule has 0 amide bonds. The summed E-state index contributed by atoms with van der Waals surface area (Å²) in [6.07, 6.45) is 7.38. The fourth-order valence-electron chi connectivity index (χ4n) is 2.69. The molecule has 2 aliphatic rings. The molecule has 1 aliphatic heterocycles. The van der Waals surface area contributed by atoms with Gasteiger partial charge in [0.15, 0.2) is 0 Å². The second-order valence-electron chi connectivity index (χ2n) is 4.19. The van der Waals surface area contributed by atoms with E-state index in [0.717, 1.165) is 11.5 Å². The summed E-state index contributed by atoms with van der Waals surface area (Å²) in [4.78, 5) is 0. The van der Waals surface area contributed by atoms with Crippen LogP contribution in [-0.4, -0.2) is 12.6 Å². The van der Waals surface area contributed by atoms with Crippen LogP contribution in [0.4, 0.5) is 0 Å². The summed E-state index contributed by atoms with van der Waals surface area (Å²) in [6.45, 7) is 3.61. The Labute approximate surface area is 63.2 Å². The van der Waals surface area contributed by atoms with E-state index in [-0.39, 0.29) is 0 Å². The molecule has 0 aromatic carbocycles. The molecular weight excluding hydrogens is 122 g/mol. The number of nitrogens with one attached hydrogen (secondary N) is 1. The largest absolute Gasteiger partial charge is 0.314 e. The molecule has 0 aromatic heterocycles. The van der Waals surface area contributed by atoms with E-state index < -0.39 is 0 Å². The first-order valence-corrected chi connectivity index (χ1v) is 4.54. The van der Waals surface area contributed by atoms with Gasteiger partial charge < -0.3 is 5.32 Å². The molecule has 0 radical (unpaired) electrons. The van der Waals surface area contributed by atoms with Crippen molar-refractivity contribution in [3.05, 3.63) is 0 Å². The molecular formula is C9H17N. The molecule has 2 rings (SSSR count). The topological polar surface area (TPSA) is 12.0 Å². The van der Waals surface area contributed by atoms with Crippen LogP contribution in [0.1, 0.15) is 39.0 Å². The Kier molecular flexibility index (Phi) is 1.48. The highest BCUT2D eigenvalue weighted by atomic mass is 15.0. The van der Waals surface area contributed by atoms with Gasteiger partial charge >= 0.3 is 0 Å². The Hall–Kier alpha value is -0.0400. The minimum Gasteiger partial charge on any atom is -0.314 e. The number of hydrogen-bond acceptors (Lipinski definition) is 1. The van der Waals surface area contributed by atoms with Crippen LogP contribution in [0.5, 0.6) is 0 Å². The summed E-state index contributed by atoms with van der Waals surface area (Å²) in [5.74, 6) is 0. The van der Waals surface area contributed by atoms with Gasteiger partial charge in [-0.05, 0) is 31.6 Å². The molecule has 1 aliphatic carbocycles. The zero-order chi connectivity index (χ0) is 7.03. The van der Waals surface area contributed by atoms with E-state index in [1.165, 1.54) is 38.6 Å². The van der Waals surface area contributed by atoms with E-state index >= 15 is 0 Å². The van der Waals surface area contributed by atoms with Gasteiger partial charge in [-0.2, -0.15) is 0 Å². The van der Waals surface area contributed by atoms with Gasteiger partial charge in [-0.15, -0.1) is 0 Å². The van der Waals surface area contributed by atoms with Crippen molar-refractivity contribution in [2.24, 2.45) is 5.41 Å². The van der Waals surface area contributed by atoms with E-state index in [1.54, 1.807) is 0 Å². The summed E-state index contributed by atoms with van der Waals surface area (Å²) in [7, 11) is 0. The van der Waals surface area contributed by atoms with Crippen LogP contribution in [0, 0.1) is 5.41 Å². The highest BCUT2D eigenvalue weighted by Gasteiger charge is 2.38. The first-order valence-electron chi connectivity index (χ1n) is 4.54. The Bertz CT molecular complexity index is 125. The molecule has 1 nitrogen and oxygen atoms in total. The maximum atomic E-state index is 3.55. The van der Waals surface area contributed by atoms with E-state index in [1.807, 2.05) is 0 Å². The monoisotopic (exact) mass is 139 g/mol. The van der Waals surface area contributed by atoms with Crippen molar-refractivity contribution in [1.82, 2.24) is 5.32 Å². The lowest BCUT2D eigenvalue weighted by Crippen LogP contribution is -2.20. The standard InChI is InChI=1S/C9H17N/c1-8-6-9(7-10-8)4-2-3-5-9/h8,10H,2-7H2,1H3/t8-/m0/s1. The summed E-state index contributed by atoms with van der Waals surface area (Å²) in [6, 6.07) is 0.790. The second-order valence-corrected chi connectivity index (χ2v) is 4.19. The molecule has 1 saturated carbocycles. The summed E-state index contributed by atoms with van der Waals surface area (Å²) in [5.41, 5.74) is 0.749. The minimum absolute atomic E-state index is 0.749. The van der Waals surface area contributed by atoms with E-state index in [4.69, 9.17) is 0 Å². The van der Waals surface area contributed by atoms with Crippen LogP contribution in [0.2, 0.25) is 0 Å². The van der Waals surface area contributed by atoms with Crippen molar-refractivity contribution < 1.29 is 0 Å². The Morgan fingerprint density at radius 1 is 1.30 bits per heavy atom. The van der Waals surface area contributed by atoms with Crippen LogP contribution in [0.25, 0.3) is 0 Å². The lowest BCUT2D eigenvalue weighted by Gasteiger charge is -2.20. The summed E-state index contributed by atoms with van der Waals surface area (Å²) >= 11 is 0. The summed E-state index contributed by atoms with van der Waals surface area (Å²) < 4.78 is 0. The predicted octanol–water partition coefficient (Wildman–Crippen LogP) is 1.93. The van der Waals surface area contributed by atoms with Crippen molar-refractivity contribution in [3.8, 4) is 0 Å². The molecule has 1 heteroatoms. The minimum atomic E-state index is 0.749. The van der Waals surface area contributed by atoms with Gasteiger partial charge in [-0.25, -0.2) is 0 Å². The molecule has 1 heterocycles. The van der Waals surface area contributed by atoms with Crippen LogP contribution in [-0.2, 0) is 0 Å². The molecule has 0 bridgehead atoms. The molecule has 0 unspecified atom stereocenters. The van der Waals surface area contributed by atoms with Crippen molar-refractivity contribution in [2.45, 2.75) is 45.1 Å². The van der Waals surface area contributed by atoms with Crippen molar-refractivity contribution in [1.29, 1.82) is 0 Å². The van der Waals surface area contributed by atoms with Gasteiger partial charge in [-0.1, -0.05) is 12.8 Å². The molecule has 58 valence electrons. The Morgan fingerprint density at radius 2 is 2.00 bits per heavy atom. The number of hydrogen-bond donors (Lipinski definition) is 1. The third kappa shape index (κ3) is 0.968. The molecule has 1 atom stereocenters. The maximum absolute atomic E-state index is 3.55. The van der Waals surface area contributed by atoms with E-state index in [2.05, 4.69) is 12.2 Å². The highest BCUT2D eigenvalue weighted by molar-refractivity contribution is 4.94. The van der Waals surface area contributed by atoms with Gasteiger partial charge in [0.1, 0.15) is 0 Å². The molecule has 10 heavy (non-hydrogen) atoms. The summed E-state index contributed by atoms with van der Waals surface area (Å²) in [5, 5.41) is 3.55. The number of rotatable bonds is 0. The van der Waals surface area contributed by atoms with Crippen LogP contribution in [0.15, 0.2) is 0 Å². The highest BCUT2D eigenvalue weighted by Crippen LogP contribution is 2.44. The van der Waals surface area contributed by atoms with Crippen molar-refractivity contribution >= 4 is 0 Å². The normalized spacial score (nSPS) is 37.5. The molecule has 1 saturated heterocycles. The van der Waals surface area contributed by atoms with Gasteiger partial charge in [0, 0.05) is 12.6 Å². The molecule has 2 fully saturated rings. The SMILES string of the molecule is C[C@H]1CC2(CCCC2)CN1. The lowest BCUT2D eigenvalue weighted by atomic mass is 9.84. The zero-order valence-electron chi connectivity index (χ0n) is 6.82. The lowest BCUT2D eigenvalue weighted by molar-refractivity contribution is 0.330.